The molecule has 2 aromatic rings. The number of oxazole rings is 1. The van der Waals surface area contributed by atoms with Crippen LogP contribution in [-0.2, 0) is 6.54 Å². The van der Waals surface area contributed by atoms with Gasteiger partial charge in [-0.3, -0.25) is 0 Å². The van der Waals surface area contributed by atoms with E-state index in [-0.39, 0.29) is 0 Å². The van der Waals surface area contributed by atoms with Crippen LogP contribution >= 0.6 is 0 Å². The lowest BCUT2D eigenvalue weighted by molar-refractivity contribution is 0.503. The fourth-order valence-corrected chi connectivity index (χ4v) is 2.00. The minimum absolute atomic E-state index is 0.673. The van der Waals surface area contributed by atoms with Crippen LogP contribution in [0, 0.1) is 13.8 Å². The molecule has 1 aliphatic rings. The van der Waals surface area contributed by atoms with Crippen LogP contribution in [0.1, 0.15) is 30.1 Å². The average Bonchev–Trinajstić information content (AvgIpc) is 2.91. The molecule has 1 N–H and O–H groups in total. The summed E-state index contributed by atoms with van der Waals surface area (Å²) in [6.07, 6.45) is 4.05. The first-order chi connectivity index (χ1) is 8.24. The van der Waals surface area contributed by atoms with Gasteiger partial charge in [-0.05, 0) is 32.8 Å². The van der Waals surface area contributed by atoms with Crippen molar-refractivity contribution in [1.29, 1.82) is 0 Å². The van der Waals surface area contributed by atoms with Crippen LogP contribution in [0.2, 0.25) is 0 Å². The van der Waals surface area contributed by atoms with Crippen LogP contribution in [0.3, 0.4) is 0 Å². The van der Waals surface area contributed by atoms with Gasteiger partial charge in [0.05, 0.1) is 5.56 Å². The monoisotopic (exact) mass is 232 g/mol. The standard InChI is InChI=1S/C13H16N2O2/c1-8-5-11(9(2)17-8)13-12(15-7-16-13)6-14-10-3-4-10/h5,7,10,14H,3-4,6H2,1-2H3. The minimum Gasteiger partial charge on any atom is -0.466 e. The van der Waals surface area contributed by atoms with E-state index < -0.39 is 0 Å². The van der Waals surface area contributed by atoms with Gasteiger partial charge in [-0.2, -0.15) is 0 Å². The SMILES string of the molecule is Cc1cc(-c2ocnc2CNC2CC2)c(C)o1. The molecule has 0 amide bonds. The van der Waals surface area contributed by atoms with Crippen molar-refractivity contribution >= 4 is 0 Å². The van der Waals surface area contributed by atoms with E-state index in [9.17, 15) is 0 Å². The summed E-state index contributed by atoms with van der Waals surface area (Å²) < 4.78 is 11.0. The highest BCUT2D eigenvalue weighted by atomic mass is 16.4. The van der Waals surface area contributed by atoms with Crippen molar-refractivity contribution in [2.45, 2.75) is 39.3 Å². The second-order valence-electron chi connectivity index (χ2n) is 4.61. The van der Waals surface area contributed by atoms with E-state index in [0.29, 0.717) is 6.04 Å². The summed E-state index contributed by atoms with van der Waals surface area (Å²) in [7, 11) is 0. The third kappa shape index (κ3) is 2.13. The van der Waals surface area contributed by atoms with Crippen LogP contribution in [0.5, 0.6) is 0 Å². The summed E-state index contributed by atoms with van der Waals surface area (Å²) >= 11 is 0. The molecule has 2 aromatic heterocycles. The summed E-state index contributed by atoms with van der Waals surface area (Å²) in [4.78, 5) is 4.27. The first-order valence-corrected chi connectivity index (χ1v) is 5.97. The highest BCUT2D eigenvalue weighted by Crippen LogP contribution is 2.29. The van der Waals surface area contributed by atoms with E-state index in [0.717, 1.165) is 35.1 Å². The van der Waals surface area contributed by atoms with Crippen molar-refractivity contribution in [3.63, 3.8) is 0 Å². The van der Waals surface area contributed by atoms with Gasteiger partial charge in [-0.1, -0.05) is 0 Å². The van der Waals surface area contributed by atoms with Crippen molar-refractivity contribution < 1.29 is 8.83 Å². The number of aryl methyl sites for hydroxylation is 2. The Balaban J connectivity index is 1.86. The molecule has 2 heterocycles. The van der Waals surface area contributed by atoms with E-state index in [1.54, 1.807) is 0 Å². The first-order valence-electron chi connectivity index (χ1n) is 5.97. The molecular weight excluding hydrogens is 216 g/mol. The summed E-state index contributed by atoms with van der Waals surface area (Å²) in [5, 5.41) is 3.44. The summed E-state index contributed by atoms with van der Waals surface area (Å²) in [6, 6.07) is 2.67. The molecule has 4 heteroatoms. The predicted octanol–water partition coefficient (Wildman–Crippen LogP) is 2.80. The van der Waals surface area contributed by atoms with Crippen molar-refractivity contribution in [1.82, 2.24) is 10.3 Å². The van der Waals surface area contributed by atoms with Gasteiger partial charge in [0.15, 0.2) is 12.2 Å². The number of rotatable bonds is 4. The third-order valence-corrected chi connectivity index (χ3v) is 3.06. The Morgan fingerprint density at radius 3 is 2.88 bits per heavy atom. The lowest BCUT2D eigenvalue weighted by Crippen LogP contribution is -2.15. The minimum atomic E-state index is 0.673. The lowest BCUT2D eigenvalue weighted by atomic mass is 10.1. The van der Waals surface area contributed by atoms with E-state index in [1.807, 2.05) is 19.9 Å². The quantitative estimate of drug-likeness (QED) is 0.880. The predicted molar refractivity (Wildman–Crippen MR) is 63.5 cm³/mol. The van der Waals surface area contributed by atoms with E-state index in [2.05, 4.69) is 10.3 Å². The molecular formula is C13H16N2O2. The van der Waals surface area contributed by atoms with Crippen LogP contribution in [0.25, 0.3) is 11.3 Å². The molecule has 90 valence electrons. The fraction of sp³-hybridized carbons (Fsp3) is 0.462. The Morgan fingerprint density at radius 1 is 1.41 bits per heavy atom. The zero-order valence-corrected chi connectivity index (χ0v) is 10.1. The molecule has 0 unspecified atom stereocenters. The molecule has 1 aliphatic carbocycles. The van der Waals surface area contributed by atoms with Crippen molar-refractivity contribution in [2.75, 3.05) is 0 Å². The van der Waals surface area contributed by atoms with Gasteiger partial charge in [0, 0.05) is 12.6 Å². The van der Waals surface area contributed by atoms with Crippen molar-refractivity contribution in [3.05, 3.63) is 29.7 Å². The Morgan fingerprint density at radius 2 is 2.24 bits per heavy atom. The van der Waals surface area contributed by atoms with Gasteiger partial charge in [-0.15, -0.1) is 0 Å². The molecule has 0 bridgehead atoms. The molecule has 1 saturated carbocycles. The van der Waals surface area contributed by atoms with Crippen LogP contribution in [0.4, 0.5) is 0 Å². The second-order valence-corrected chi connectivity index (χ2v) is 4.61. The van der Waals surface area contributed by atoms with Gasteiger partial charge < -0.3 is 14.2 Å². The average molecular weight is 232 g/mol. The fourth-order valence-electron chi connectivity index (χ4n) is 2.00. The maximum Gasteiger partial charge on any atom is 0.181 e. The van der Waals surface area contributed by atoms with Crippen molar-refractivity contribution in [2.24, 2.45) is 0 Å². The Kier molecular flexibility index (Phi) is 2.52. The largest absolute Gasteiger partial charge is 0.466 e. The summed E-state index contributed by atoms with van der Waals surface area (Å²) in [6.45, 7) is 4.65. The number of nitrogens with one attached hydrogen (secondary N) is 1. The molecule has 0 spiro atoms. The van der Waals surface area contributed by atoms with Gasteiger partial charge in [-0.25, -0.2) is 4.98 Å². The highest BCUT2D eigenvalue weighted by Gasteiger charge is 2.22. The molecule has 17 heavy (non-hydrogen) atoms. The maximum atomic E-state index is 5.52. The number of nitrogens with zero attached hydrogens (tertiary/aromatic N) is 1. The van der Waals surface area contributed by atoms with Gasteiger partial charge in [0.2, 0.25) is 0 Å². The molecule has 0 atom stereocenters. The zero-order chi connectivity index (χ0) is 11.8. The molecule has 1 fully saturated rings. The molecule has 0 radical (unpaired) electrons. The molecule has 0 aromatic carbocycles. The highest BCUT2D eigenvalue weighted by molar-refractivity contribution is 5.62. The maximum absolute atomic E-state index is 5.52. The number of hydrogen-bond donors (Lipinski definition) is 1. The van der Waals surface area contributed by atoms with Gasteiger partial charge >= 0.3 is 0 Å². The third-order valence-electron chi connectivity index (χ3n) is 3.06. The molecule has 0 aliphatic heterocycles. The van der Waals surface area contributed by atoms with Gasteiger partial charge in [0.1, 0.15) is 17.2 Å². The Labute approximate surface area is 100 Å². The van der Waals surface area contributed by atoms with Crippen molar-refractivity contribution in [3.8, 4) is 11.3 Å². The topological polar surface area (TPSA) is 51.2 Å². The first kappa shape index (κ1) is 10.6. The Bertz CT molecular complexity index is 523. The summed E-state index contributed by atoms with van der Waals surface area (Å²) in [5.41, 5.74) is 1.97. The zero-order valence-electron chi connectivity index (χ0n) is 10.1. The molecule has 4 nitrogen and oxygen atoms in total. The van der Waals surface area contributed by atoms with E-state index in [1.165, 1.54) is 19.2 Å². The normalized spacial score (nSPS) is 15.4. The van der Waals surface area contributed by atoms with E-state index in [4.69, 9.17) is 8.83 Å². The van der Waals surface area contributed by atoms with Crippen LogP contribution in [0.15, 0.2) is 21.3 Å². The number of hydrogen-bond acceptors (Lipinski definition) is 4. The lowest BCUT2D eigenvalue weighted by Gasteiger charge is -2.01. The molecule has 0 saturated heterocycles. The van der Waals surface area contributed by atoms with Crippen LogP contribution in [-0.4, -0.2) is 11.0 Å². The number of furan rings is 1. The molecule has 3 rings (SSSR count). The number of aromatic nitrogens is 1. The van der Waals surface area contributed by atoms with E-state index >= 15 is 0 Å². The van der Waals surface area contributed by atoms with Gasteiger partial charge in [0.25, 0.3) is 0 Å². The smallest absolute Gasteiger partial charge is 0.181 e. The van der Waals surface area contributed by atoms with Crippen LogP contribution < -0.4 is 5.32 Å². The second kappa shape index (κ2) is 4.04. The summed E-state index contributed by atoms with van der Waals surface area (Å²) in [5.74, 6) is 2.61. The Hall–Kier alpha value is -1.55.